The van der Waals surface area contributed by atoms with Crippen LogP contribution in [0.2, 0.25) is 0 Å². The number of sulfonamides is 1. The number of carbonyl (C=O) groups excluding carboxylic acids is 1. The van der Waals surface area contributed by atoms with Crippen LogP contribution >= 0.6 is 0 Å². The minimum absolute atomic E-state index is 0.0171. The quantitative estimate of drug-likeness (QED) is 0.723. The van der Waals surface area contributed by atoms with Gasteiger partial charge >= 0.3 is 0 Å². The fraction of sp³-hybridized carbons (Fsp3) is 0.500. The summed E-state index contributed by atoms with van der Waals surface area (Å²) in [5.74, 6) is -0.300. The van der Waals surface area contributed by atoms with Crippen LogP contribution in [0, 0.1) is 0 Å². The molecular formula is C10H13NO6S2. The maximum Gasteiger partial charge on any atom is 0.276 e. The van der Waals surface area contributed by atoms with Crippen LogP contribution in [-0.2, 0) is 19.9 Å². The van der Waals surface area contributed by atoms with Crippen LogP contribution in [0.25, 0.3) is 0 Å². The first-order chi connectivity index (χ1) is 8.85. The van der Waals surface area contributed by atoms with Crippen molar-refractivity contribution in [2.24, 2.45) is 0 Å². The Hall–Kier alpha value is -1.19. The molecular weight excluding hydrogens is 294 g/mol. The van der Waals surface area contributed by atoms with Crippen LogP contribution in [0.1, 0.15) is 17.0 Å². The smallest absolute Gasteiger partial charge is 0.276 e. The molecule has 0 aromatic carbocycles. The molecule has 2 rings (SSSR count). The molecule has 1 aliphatic heterocycles. The molecule has 1 fully saturated rings. The minimum Gasteiger partial charge on any atom is -0.440 e. The number of furan rings is 1. The second kappa shape index (κ2) is 5.06. The van der Waals surface area contributed by atoms with Crippen molar-refractivity contribution in [1.29, 1.82) is 0 Å². The molecule has 0 saturated carbocycles. The Morgan fingerprint density at radius 2 is 1.95 bits per heavy atom. The summed E-state index contributed by atoms with van der Waals surface area (Å²) >= 11 is 0. The van der Waals surface area contributed by atoms with E-state index in [1.807, 2.05) is 0 Å². The third-order valence-corrected chi connectivity index (χ3v) is 6.32. The predicted molar refractivity (Wildman–Crippen MR) is 66.1 cm³/mol. The monoisotopic (exact) mass is 307 g/mol. The van der Waals surface area contributed by atoms with Crippen molar-refractivity contribution in [2.75, 3.05) is 24.6 Å². The number of sulfone groups is 1. The second-order valence-electron chi connectivity index (χ2n) is 4.18. The van der Waals surface area contributed by atoms with Gasteiger partial charge in [-0.05, 0) is 18.6 Å². The van der Waals surface area contributed by atoms with Gasteiger partial charge in [-0.15, -0.1) is 0 Å². The van der Waals surface area contributed by atoms with Gasteiger partial charge in [0.25, 0.3) is 10.0 Å². The van der Waals surface area contributed by atoms with Crippen LogP contribution in [0.15, 0.2) is 21.6 Å². The van der Waals surface area contributed by atoms with Crippen molar-refractivity contribution in [3.05, 3.63) is 17.9 Å². The zero-order chi connectivity index (χ0) is 14.1. The largest absolute Gasteiger partial charge is 0.440 e. The lowest BCUT2D eigenvalue weighted by molar-refractivity contribution is 0.109. The average Bonchev–Trinajstić information content (AvgIpc) is 2.75. The highest BCUT2D eigenvalue weighted by molar-refractivity contribution is 7.91. The lowest BCUT2D eigenvalue weighted by Crippen LogP contribution is -2.33. The molecule has 9 heteroatoms. The Morgan fingerprint density at radius 1 is 1.21 bits per heavy atom. The van der Waals surface area contributed by atoms with Crippen LogP contribution in [0.3, 0.4) is 0 Å². The van der Waals surface area contributed by atoms with Gasteiger partial charge in [-0.3, -0.25) is 4.79 Å². The summed E-state index contributed by atoms with van der Waals surface area (Å²) in [6.45, 7) is 0.0282. The van der Waals surface area contributed by atoms with Crippen molar-refractivity contribution < 1.29 is 26.0 Å². The van der Waals surface area contributed by atoms with Crippen molar-refractivity contribution in [3.63, 3.8) is 0 Å². The fourth-order valence-corrected chi connectivity index (χ4v) is 4.60. The van der Waals surface area contributed by atoms with Gasteiger partial charge < -0.3 is 4.42 Å². The molecule has 0 bridgehead atoms. The molecule has 1 aromatic rings. The maximum atomic E-state index is 12.2. The molecule has 0 N–H and O–H groups in total. The van der Waals surface area contributed by atoms with E-state index in [2.05, 4.69) is 0 Å². The molecule has 0 atom stereocenters. The third kappa shape index (κ3) is 3.04. The maximum absolute atomic E-state index is 12.2. The van der Waals surface area contributed by atoms with E-state index in [-0.39, 0.29) is 41.9 Å². The number of hydrogen-bond donors (Lipinski definition) is 0. The first-order valence-corrected chi connectivity index (χ1v) is 8.87. The summed E-state index contributed by atoms with van der Waals surface area (Å²) in [6, 6.07) is 2.45. The molecule has 0 spiro atoms. The summed E-state index contributed by atoms with van der Waals surface area (Å²) in [6.07, 6.45) is 0.661. The Balaban J connectivity index is 2.27. The zero-order valence-corrected chi connectivity index (χ0v) is 11.6. The van der Waals surface area contributed by atoms with E-state index in [4.69, 9.17) is 4.42 Å². The van der Waals surface area contributed by atoms with Gasteiger partial charge in [0.15, 0.2) is 21.9 Å². The highest BCUT2D eigenvalue weighted by Gasteiger charge is 2.31. The van der Waals surface area contributed by atoms with Crippen LogP contribution in [0.5, 0.6) is 0 Å². The zero-order valence-electron chi connectivity index (χ0n) is 9.98. The summed E-state index contributed by atoms with van der Waals surface area (Å²) in [5, 5.41) is -0.339. The van der Waals surface area contributed by atoms with Gasteiger partial charge in [-0.25, -0.2) is 16.8 Å². The molecule has 1 aliphatic rings. The first kappa shape index (κ1) is 14.2. The number of aldehydes is 1. The van der Waals surface area contributed by atoms with Gasteiger partial charge in [-0.2, -0.15) is 4.31 Å². The van der Waals surface area contributed by atoms with E-state index in [1.165, 1.54) is 12.1 Å². The summed E-state index contributed by atoms with van der Waals surface area (Å²) in [5.41, 5.74) is 0. The Bertz CT molecular complexity index is 673. The van der Waals surface area contributed by atoms with E-state index in [1.54, 1.807) is 0 Å². The van der Waals surface area contributed by atoms with Gasteiger partial charge in [-0.1, -0.05) is 0 Å². The van der Waals surface area contributed by atoms with Gasteiger partial charge in [0.05, 0.1) is 11.5 Å². The van der Waals surface area contributed by atoms with E-state index >= 15 is 0 Å². The van der Waals surface area contributed by atoms with Gasteiger partial charge in [0.2, 0.25) is 5.09 Å². The predicted octanol–water partition coefficient (Wildman–Crippen LogP) is -0.0987. The highest BCUT2D eigenvalue weighted by Crippen LogP contribution is 2.20. The molecule has 7 nitrogen and oxygen atoms in total. The topological polar surface area (TPSA) is 102 Å². The van der Waals surface area contributed by atoms with E-state index in [0.717, 1.165) is 4.31 Å². The molecule has 0 radical (unpaired) electrons. The number of rotatable bonds is 3. The number of hydrogen-bond acceptors (Lipinski definition) is 6. The summed E-state index contributed by atoms with van der Waals surface area (Å²) in [4.78, 5) is 10.5. The molecule has 0 unspecified atom stereocenters. The highest BCUT2D eigenvalue weighted by atomic mass is 32.2. The number of carbonyl (C=O) groups is 1. The first-order valence-electron chi connectivity index (χ1n) is 5.61. The Labute approximate surface area is 111 Å². The lowest BCUT2D eigenvalue weighted by Gasteiger charge is -2.17. The van der Waals surface area contributed by atoms with Crippen molar-refractivity contribution in [2.45, 2.75) is 11.5 Å². The molecule has 19 heavy (non-hydrogen) atoms. The third-order valence-electron chi connectivity index (χ3n) is 2.83. The molecule has 2 heterocycles. The van der Waals surface area contributed by atoms with Crippen molar-refractivity contribution in [3.8, 4) is 0 Å². The molecule has 0 amide bonds. The molecule has 106 valence electrons. The second-order valence-corrected chi connectivity index (χ2v) is 8.36. The standard InChI is InChI=1S/C10H13NO6S2/c12-8-9-2-3-10(17-9)19(15,16)11-4-1-6-18(13,14)7-5-11/h2-3,8H,1,4-7H2. The Morgan fingerprint density at radius 3 is 2.58 bits per heavy atom. The SMILES string of the molecule is O=Cc1ccc(S(=O)(=O)N2CCCS(=O)(=O)CC2)o1. The number of nitrogens with zero attached hydrogens (tertiary/aromatic N) is 1. The summed E-state index contributed by atoms with van der Waals surface area (Å²) < 4.78 is 53.3. The van der Waals surface area contributed by atoms with E-state index in [0.29, 0.717) is 6.29 Å². The fourth-order valence-electron chi connectivity index (χ4n) is 1.82. The normalized spacial score (nSPS) is 20.8. The van der Waals surface area contributed by atoms with Crippen LogP contribution < -0.4 is 0 Å². The molecule has 1 saturated heterocycles. The average molecular weight is 307 g/mol. The molecule has 0 aliphatic carbocycles. The van der Waals surface area contributed by atoms with Crippen molar-refractivity contribution in [1.82, 2.24) is 4.31 Å². The lowest BCUT2D eigenvalue weighted by atomic mass is 10.5. The molecule has 1 aromatic heterocycles. The van der Waals surface area contributed by atoms with Crippen molar-refractivity contribution >= 4 is 26.1 Å². The summed E-state index contributed by atoms with van der Waals surface area (Å²) in [7, 11) is -7.07. The van der Waals surface area contributed by atoms with E-state index < -0.39 is 19.9 Å². The van der Waals surface area contributed by atoms with Gasteiger partial charge in [0.1, 0.15) is 0 Å². The Kier molecular flexibility index (Phi) is 3.79. The van der Waals surface area contributed by atoms with E-state index in [9.17, 15) is 21.6 Å². The van der Waals surface area contributed by atoms with Crippen LogP contribution in [0.4, 0.5) is 0 Å². The minimum atomic E-state index is -3.88. The van der Waals surface area contributed by atoms with Gasteiger partial charge in [0, 0.05) is 13.1 Å². The van der Waals surface area contributed by atoms with Crippen LogP contribution in [-0.4, -0.2) is 52.0 Å².